The van der Waals surface area contributed by atoms with Gasteiger partial charge in [0.1, 0.15) is 5.82 Å². The first kappa shape index (κ1) is 14.0. The van der Waals surface area contributed by atoms with E-state index < -0.39 is 24.1 Å². The van der Waals surface area contributed by atoms with Gasteiger partial charge in [-0.2, -0.15) is 0 Å². The van der Waals surface area contributed by atoms with Crippen LogP contribution in [0.15, 0.2) is 12.1 Å². The Balaban J connectivity index is 2.46. The predicted molar refractivity (Wildman–Crippen MR) is 74.4 cm³/mol. The smallest absolute Gasteiger partial charge is 0.399 e. The fourth-order valence-corrected chi connectivity index (χ4v) is 1.96. The molecule has 1 aromatic carbocycles. The molecule has 0 radical (unpaired) electrons. The molecule has 1 heterocycles. The minimum absolute atomic E-state index is 0.0535. The number of halogens is 1. The Bertz CT molecular complexity index is 516. The molecule has 1 saturated heterocycles. The summed E-state index contributed by atoms with van der Waals surface area (Å²) in [6.45, 7) is 7.74. The average Bonchev–Trinajstić information content (AvgIpc) is 2.51. The Morgan fingerprint density at radius 1 is 1.21 bits per heavy atom. The monoisotopic (exact) mass is 264 g/mol. The molecule has 1 aliphatic heterocycles. The van der Waals surface area contributed by atoms with E-state index in [4.69, 9.17) is 20.5 Å². The van der Waals surface area contributed by atoms with Crippen molar-refractivity contribution in [2.24, 2.45) is 0 Å². The lowest BCUT2D eigenvalue weighted by Gasteiger charge is -2.32. The minimum Gasteiger partial charge on any atom is -0.399 e. The quantitative estimate of drug-likeness (QED) is 0.485. The van der Waals surface area contributed by atoms with Crippen molar-refractivity contribution in [3.63, 3.8) is 0 Å². The van der Waals surface area contributed by atoms with Crippen LogP contribution < -0.4 is 11.2 Å². The van der Waals surface area contributed by atoms with Crippen LogP contribution in [0, 0.1) is 11.2 Å². The highest BCUT2D eigenvalue weighted by Gasteiger charge is 2.52. The van der Waals surface area contributed by atoms with E-state index in [1.165, 1.54) is 6.07 Å². The maximum absolute atomic E-state index is 13.4. The molecule has 1 aromatic rings. The van der Waals surface area contributed by atoms with Crippen LogP contribution in [0.4, 0.5) is 10.1 Å². The Kier molecular flexibility index (Phi) is 3.19. The minimum atomic E-state index is -0.649. The Labute approximate surface area is 112 Å². The van der Waals surface area contributed by atoms with Crippen molar-refractivity contribution >= 4 is 24.5 Å². The van der Waals surface area contributed by atoms with Crippen molar-refractivity contribution < 1.29 is 13.7 Å². The van der Waals surface area contributed by atoms with Gasteiger partial charge in [0.05, 0.1) is 16.9 Å². The van der Waals surface area contributed by atoms with Gasteiger partial charge in [-0.1, -0.05) is 6.07 Å². The lowest BCUT2D eigenvalue weighted by Crippen LogP contribution is -2.41. The molecule has 0 saturated carbocycles. The van der Waals surface area contributed by atoms with Crippen molar-refractivity contribution in [1.82, 2.24) is 0 Å². The number of hydrogen-bond acceptors (Lipinski definition) is 4. The van der Waals surface area contributed by atoms with E-state index >= 15 is 0 Å². The second kappa shape index (κ2) is 4.32. The van der Waals surface area contributed by atoms with Crippen LogP contribution in [0.1, 0.15) is 33.3 Å². The van der Waals surface area contributed by atoms with E-state index in [1.807, 2.05) is 27.7 Å². The molecule has 2 rings (SSSR count). The number of anilines is 1. The molecule has 19 heavy (non-hydrogen) atoms. The van der Waals surface area contributed by atoms with Crippen molar-refractivity contribution in [3.8, 4) is 0 Å². The van der Waals surface area contributed by atoms with Crippen LogP contribution in [-0.2, 0) is 9.31 Å². The maximum atomic E-state index is 13.4. The summed E-state index contributed by atoms with van der Waals surface area (Å²) >= 11 is 0. The molecule has 1 fully saturated rings. The SMILES string of the molecule is CC1(C)OB(c2ccc(F)c(N)c2C=N)OC1(C)C. The molecule has 0 atom stereocenters. The van der Waals surface area contributed by atoms with E-state index in [9.17, 15) is 4.39 Å². The van der Waals surface area contributed by atoms with Crippen LogP contribution >= 0.6 is 0 Å². The molecule has 0 aliphatic carbocycles. The third-order valence-corrected chi connectivity index (χ3v) is 3.92. The molecule has 3 N–H and O–H groups in total. The van der Waals surface area contributed by atoms with Gasteiger partial charge < -0.3 is 20.5 Å². The van der Waals surface area contributed by atoms with Crippen molar-refractivity contribution in [1.29, 1.82) is 5.41 Å². The molecule has 0 unspecified atom stereocenters. The second-order valence-electron chi connectivity index (χ2n) is 5.70. The van der Waals surface area contributed by atoms with Crippen LogP contribution in [-0.4, -0.2) is 24.5 Å². The van der Waals surface area contributed by atoms with Crippen molar-refractivity contribution in [2.75, 3.05) is 5.73 Å². The predicted octanol–water partition coefficient (Wildman–Crippen LogP) is 1.70. The highest BCUT2D eigenvalue weighted by atomic mass is 19.1. The van der Waals surface area contributed by atoms with Crippen molar-refractivity contribution in [2.45, 2.75) is 38.9 Å². The largest absolute Gasteiger partial charge is 0.495 e. The molecular weight excluding hydrogens is 246 g/mol. The number of nitrogens with two attached hydrogens (primary N) is 1. The highest BCUT2D eigenvalue weighted by Crippen LogP contribution is 2.36. The zero-order chi connectivity index (χ0) is 14.4. The zero-order valence-corrected chi connectivity index (χ0v) is 11.6. The summed E-state index contributed by atoms with van der Waals surface area (Å²) in [5.74, 6) is -0.543. The summed E-state index contributed by atoms with van der Waals surface area (Å²) in [5.41, 5.74) is 5.51. The Morgan fingerprint density at radius 2 is 1.74 bits per heavy atom. The molecule has 4 nitrogen and oxygen atoms in total. The summed E-state index contributed by atoms with van der Waals surface area (Å²) in [5, 5.41) is 7.40. The van der Waals surface area contributed by atoms with E-state index in [1.54, 1.807) is 6.07 Å². The lowest BCUT2D eigenvalue weighted by molar-refractivity contribution is 0.00578. The first-order valence-corrected chi connectivity index (χ1v) is 6.13. The van der Waals surface area contributed by atoms with Gasteiger partial charge in [0.15, 0.2) is 0 Å². The molecule has 102 valence electrons. The third kappa shape index (κ3) is 2.15. The molecule has 0 bridgehead atoms. The second-order valence-corrected chi connectivity index (χ2v) is 5.70. The topological polar surface area (TPSA) is 68.3 Å². The molecule has 1 aliphatic rings. The van der Waals surface area contributed by atoms with Gasteiger partial charge in [0.25, 0.3) is 0 Å². The molecule has 6 heteroatoms. The zero-order valence-electron chi connectivity index (χ0n) is 11.6. The van der Waals surface area contributed by atoms with E-state index in [0.29, 0.717) is 11.0 Å². The summed E-state index contributed by atoms with van der Waals surface area (Å²) < 4.78 is 25.2. The summed E-state index contributed by atoms with van der Waals surface area (Å²) in [4.78, 5) is 0. The normalized spacial score (nSPS) is 20.6. The molecular formula is C13H18BFN2O2. The molecule has 0 spiro atoms. The third-order valence-electron chi connectivity index (χ3n) is 3.92. The Morgan fingerprint density at radius 3 is 2.21 bits per heavy atom. The number of benzene rings is 1. The van der Waals surface area contributed by atoms with Gasteiger partial charge in [0, 0.05) is 11.8 Å². The average molecular weight is 264 g/mol. The number of nitrogens with one attached hydrogen (secondary N) is 1. The summed E-state index contributed by atoms with van der Waals surface area (Å²) in [7, 11) is -0.649. The van der Waals surface area contributed by atoms with E-state index in [0.717, 1.165) is 6.21 Å². The lowest BCUT2D eigenvalue weighted by atomic mass is 9.75. The van der Waals surface area contributed by atoms with Gasteiger partial charge in [-0.15, -0.1) is 0 Å². The van der Waals surface area contributed by atoms with Gasteiger partial charge in [-0.05, 0) is 39.2 Å². The molecule has 0 aromatic heterocycles. The van der Waals surface area contributed by atoms with Gasteiger partial charge in [0.2, 0.25) is 0 Å². The van der Waals surface area contributed by atoms with Crippen LogP contribution in [0.3, 0.4) is 0 Å². The summed E-state index contributed by atoms with van der Waals surface area (Å²) in [6.07, 6.45) is 1.03. The highest BCUT2D eigenvalue weighted by molar-refractivity contribution is 6.63. The molecule has 0 amide bonds. The van der Waals surface area contributed by atoms with Crippen molar-refractivity contribution in [3.05, 3.63) is 23.5 Å². The number of hydrogen-bond donors (Lipinski definition) is 2. The summed E-state index contributed by atoms with van der Waals surface area (Å²) in [6, 6.07) is 2.82. The standard InChI is InChI=1S/C13H18BFN2O2/c1-12(2)13(3,4)19-14(18-12)9-5-6-10(15)11(17)8(9)7-16/h5-7,16H,17H2,1-4H3. The van der Waals surface area contributed by atoms with Gasteiger partial charge in [-0.3, -0.25) is 0 Å². The Hall–Kier alpha value is -1.40. The van der Waals surface area contributed by atoms with Crippen LogP contribution in [0.2, 0.25) is 0 Å². The van der Waals surface area contributed by atoms with E-state index in [-0.39, 0.29) is 5.69 Å². The first-order chi connectivity index (χ1) is 8.69. The fraction of sp³-hybridized carbons (Fsp3) is 0.462. The van der Waals surface area contributed by atoms with E-state index in [2.05, 4.69) is 0 Å². The van der Waals surface area contributed by atoms with Crippen LogP contribution in [0.25, 0.3) is 0 Å². The number of nitrogen functional groups attached to an aromatic ring is 1. The van der Waals surface area contributed by atoms with Crippen LogP contribution in [0.5, 0.6) is 0 Å². The van der Waals surface area contributed by atoms with Gasteiger partial charge in [-0.25, -0.2) is 4.39 Å². The number of rotatable bonds is 2. The van der Waals surface area contributed by atoms with Gasteiger partial charge >= 0.3 is 7.12 Å². The maximum Gasteiger partial charge on any atom is 0.495 e. The fourth-order valence-electron chi connectivity index (χ4n) is 1.96. The first-order valence-electron chi connectivity index (χ1n) is 6.13.